The second kappa shape index (κ2) is 11.9. The molecule has 0 bridgehead atoms. The number of hydrogen-bond donors (Lipinski definition) is 1. The number of amides is 1. The molecule has 39 heavy (non-hydrogen) atoms. The molecule has 0 saturated heterocycles. The summed E-state index contributed by atoms with van der Waals surface area (Å²) in [6.45, 7) is -3.82. The molecule has 10 heteroatoms. The van der Waals surface area contributed by atoms with Gasteiger partial charge in [0, 0.05) is 18.1 Å². The smallest absolute Gasteiger partial charge is 0.407 e. The van der Waals surface area contributed by atoms with Crippen LogP contribution in [0.2, 0.25) is 0 Å². The highest BCUT2D eigenvalue weighted by Crippen LogP contribution is 2.60. The number of carbonyl (C=O) groups excluding carboxylic acids is 1. The standard InChI is InChI=1S/C29H30ClN2O6P/c30-39(36,38-18-20-14-16-22(17-15-20)32(34)35)28(21-8-2-1-3-9-21)31-29(33)37-19-27-25-12-6-4-10-23(25)24-11-5-7-13-26(24)27/h4-7,10-17,21,27-28H,1-3,8-9,18-19H2,(H,31,33)/t28-,39?/m1/s1. The van der Waals surface area contributed by atoms with E-state index in [4.69, 9.17) is 20.5 Å². The van der Waals surface area contributed by atoms with Gasteiger partial charge in [0.1, 0.15) is 12.4 Å². The fourth-order valence-corrected chi connectivity index (χ4v) is 7.93. The Hall–Kier alpha value is -3.19. The first-order chi connectivity index (χ1) is 18.8. The molecule has 2 atom stereocenters. The number of carbonyl (C=O) groups is 1. The predicted molar refractivity (Wildman–Crippen MR) is 150 cm³/mol. The summed E-state index contributed by atoms with van der Waals surface area (Å²) in [6, 6.07) is 21.9. The molecule has 2 aliphatic rings. The van der Waals surface area contributed by atoms with E-state index in [1.165, 1.54) is 24.3 Å². The molecule has 1 amide bonds. The normalized spacial score (nSPS) is 17.5. The number of alkyl carbamates (subject to hydrolysis) is 1. The zero-order valence-corrected chi connectivity index (χ0v) is 23.0. The van der Waals surface area contributed by atoms with Gasteiger partial charge in [-0.05, 0) is 70.0 Å². The second-order valence-electron chi connectivity index (χ2n) is 10.0. The van der Waals surface area contributed by atoms with Crippen LogP contribution < -0.4 is 5.32 Å². The number of nitrogens with one attached hydrogen (secondary N) is 1. The zero-order chi connectivity index (χ0) is 27.4. The maximum atomic E-state index is 13.6. The molecule has 0 spiro atoms. The maximum absolute atomic E-state index is 13.6. The Kier molecular flexibility index (Phi) is 8.36. The summed E-state index contributed by atoms with van der Waals surface area (Å²) in [4.78, 5) is 23.5. The van der Waals surface area contributed by atoms with Crippen LogP contribution in [-0.2, 0) is 20.4 Å². The highest BCUT2D eigenvalue weighted by molar-refractivity contribution is 7.85. The Balaban J connectivity index is 1.27. The molecule has 0 aliphatic heterocycles. The quantitative estimate of drug-likeness (QED) is 0.159. The van der Waals surface area contributed by atoms with Gasteiger partial charge < -0.3 is 14.6 Å². The Bertz CT molecular complexity index is 1350. The first-order valence-corrected chi connectivity index (χ1v) is 15.7. The van der Waals surface area contributed by atoms with Gasteiger partial charge >= 0.3 is 12.8 Å². The van der Waals surface area contributed by atoms with Gasteiger partial charge in [-0.3, -0.25) is 14.7 Å². The van der Waals surface area contributed by atoms with Crippen LogP contribution in [0.4, 0.5) is 10.5 Å². The van der Waals surface area contributed by atoms with Crippen molar-refractivity contribution >= 4 is 29.7 Å². The van der Waals surface area contributed by atoms with Crippen molar-refractivity contribution in [1.29, 1.82) is 0 Å². The largest absolute Gasteiger partial charge is 0.449 e. The van der Waals surface area contributed by atoms with Crippen LogP contribution in [0.5, 0.6) is 0 Å². The maximum Gasteiger partial charge on any atom is 0.407 e. The number of halogens is 1. The van der Waals surface area contributed by atoms with E-state index < -0.39 is 23.5 Å². The molecule has 1 fully saturated rings. The molecule has 3 aromatic carbocycles. The Labute approximate surface area is 232 Å². The topological polar surface area (TPSA) is 108 Å². The molecule has 8 nitrogen and oxygen atoms in total. The zero-order valence-electron chi connectivity index (χ0n) is 21.3. The van der Waals surface area contributed by atoms with Crippen LogP contribution in [0.3, 0.4) is 0 Å². The summed E-state index contributed by atoms with van der Waals surface area (Å²) in [7, 11) is 0. The van der Waals surface area contributed by atoms with E-state index in [1.54, 1.807) is 0 Å². The molecule has 5 rings (SSSR count). The molecule has 0 aromatic heterocycles. The number of non-ortho nitro benzene ring substituents is 1. The molecule has 2 aliphatic carbocycles. The van der Waals surface area contributed by atoms with Crippen molar-refractivity contribution in [3.05, 3.63) is 99.6 Å². The predicted octanol–water partition coefficient (Wildman–Crippen LogP) is 7.99. The fourth-order valence-electron chi connectivity index (χ4n) is 5.61. The summed E-state index contributed by atoms with van der Waals surface area (Å²) < 4.78 is 25.0. The van der Waals surface area contributed by atoms with E-state index in [0.29, 0.717) is 5.56 Å². The van der Waals surface area contributed by atoms with Crippen LogP contribution in [0, 0.1) is 16.0 Å². The van der Waals surface area contributed by atoms with Crippen molar-refractivity contribution in [2.24, 2.45) is 5.92 Å². The summed E-state index contributed by atoms with van der Waals surface area (Å²) >= 11 is 6.53. The number of nitro groups is 1. The Morgan fingerprint density at radius 2 is 1.56 bits per heavy atom. The Morgan fingerprint density at radius 1 is 0.974 bits per heavy atom. The lowest BCUT2D eigenvalue weighted by atomic mass is 9.89. The van der Waals surface area contributed by atoms with Gasteiger partial charge in [0.05, 0.1) is 11.5 Å². The first kappa shape index (κ1) is 27.4. The lowest BCUT2D eigenvalue weighted by Crippen LogP contribution is -2.41. The van der Waals surface area contributed by atoms with Crippen LogP contribution in [0.1, 0.15) is 54.7 Å². The van der Waals surface area contributed by atoms with Gasteiger partial charge in [-0.25, -0.2) is 4.79 Å². The molecule has 0 radical (unpaired) electrons. The minimum atomic E-state index is -3.85. The molecular weight excluding hydrogens is 539 g/mol. The number of rotatable bonds is 9. The van der Waals surface area contributed by atoms with Gasteiger partial charge in [-0.15, -0.1) is 0 Å². The van der Waals surface area contributed by atoms with E-state index in [-0.39, 0.29) is 30.7 Å². The van der Waals surface area contributed by atoms with Gasteiger partial charge in [0.25, 0.3) is 5.69 Å². The Morgan fingerprint density at radius 3 is 2.15 bits per heavy atom. The van der Waals surface area contributed by atoms with Gasteiger partial charge in [-0.2, -0.15) is 0 Å². The minimum Gasteiger partial charge on any atom is -0.449 e. The van der Waals surface area contributed by atoms with Crippen LogP contribution in [-0.4, -0.2) is 23.4 Å². The number of ether oxygens (including phenoxy) is 1. The van der Waals surface area contributed by atoms with Crippen molar-refractivity contribution in [1.82, 2.24) is 5.32 Å². The summed E-state index contributed by atoms with van der Waals surface area (Å²) in [5.41, 5.74) is 5.00. The molecule has 1 N–H and O–H groups in total. The molecule has 1 unspecified atom stereocenters. The van der Waals surface area contributed by atoms with E-state index in [1.807, 2.05) is 36.4 Å². The molecular formula is C29H30ClN2O6P. The van der Waals surface area contributed by atoms with Crippen molar-refractivity contribution in [3.63, 3.8) is 0 Å². The lowest BCUT2D eigenvalue weighted by molar-refractivity contribution is -0.384. The second-order valence-corrected chi connectivity index (χ2v) is 13.3. The molecule has 0 heterocycles. The summed E-state index contributed by atoms with van der Waals surface area (Å²) in [6.07, 6.45) is 3.83. The lowest BCUT2D eigenvalue weighted by Gasteiger charge is -2.32. The fraction of sp³-hybridized carbons (Fsp3) is 0.345. The highest BCUT2D eigenvalue weighted by Gasteiger charge is 2.41. The van der Waals surface area contributed by atoms with Crippen molar-refractivity contribution in [3.8, 4) is 11.1 Å². The third kappa shape index (κ3) is 6.19. The third-order valence-corrected chi connectivity index (χ3v) is 10.2. The van der Waals surface area contributed by atoms with E-state index in [2.05, 4.69) is 17.4 Å². The molecule has 3 aromatic rings. The van der Waals surface area contributed by atoms with Crippen molar-refractivity contribution < 1.29 is 23.5 Å². The van der Waals surface area contributed by atoms with Gasteiger partial charge in [-0.1, -0.05) is 67.8 Å². The number of hydrogen-bond acceptors (Lipinski definition) is 6. The highest BCUT2D eigenvalue weighted by atomic mass is 35.7. The molecule has 1 saturated carbocycles. The van der Waals surface area contributed by atoms with E-state index in [0.717, 1.165) is 54.4 Å². The van der Waals surface area contributed by atoms with Crippen molar-refractivity contribution in [2.45, 2.75) is 50.4 Å². The van der Waals surface area contributed by atoms with Crippen molar-refractivity contribution in [2.75, 3.05) is 6.61 Å². The van der Waals surface area contributed by atoms with Crippen LogP contribution in [0.15, 0.2) is 72.8 Å². The summed E-state index contributed by atoms with van der Waals surface area (Å²) in [5, 5.41) is 13.7. The monoisotopic (exact) mass is 568 g/mol. The van der Waals surface area contributed by atoms with Gasteiger partial charge in [0.15, 0.2) is 0 Å². The summed E-state index contributed by atoms with van der Waals surface area (Å²) in [5.74, 6) is -1.12. The average molecular weight is 569 g/mol. The number of benzene rings is 3. The van der Waals surface area contributed by atoms with Gasteiger partial charge in [0.2, 0.25) is 0 Å². The minimum absolute atomic E-state index is 0.0511. The average Bonchev–Trinajstić information content (AvgIpc) is 3.28. The number of fused-ring (bicyclic) bond motifs is 3. The number of nitrogens with zero attached hydrogens (tertiary/aromatic N) is 1. The van der Waals surface area contributed by atoms with Crippen LogP contribution in [0.25, 0.3) is 11.1 Å². The SMILES string of the molecule is O=C(N[C@@H](C1CCCCC1)P(=O)(Cl)OCc1ccc([N+](=O)[O-])cc1)OCC1c2ccccc2-c2ccccc21. The van der Waals surface area contributed by atoms with Crippen LogP contribution >= 0.6 is 18.0 Å². The third-order valence-electron chi connectivity index (χ3n) is 7.59. The number of nitro benzene ring substituents is 1. The molecule has 204 valence electrons. The van der Waals surface area contributed by atoms with E-state index >= 15 is 0 Å². The van der Waals surface area contributed by atoms with E-state index in [9.17, 15) is 19.5 Å². The first-order valence-electron chi connectivity index (χ1n) is 13.1.